The van der Waals surface area contributed by atoms with E-state index in [0.717, 1.165) is 0 Å². The third kappa shape index (κ3) is 3.49. The number of carbonyl (C=O) groups is 1. The second kappa shape index (κ2) is 6.81. The van der Waals surface area contributed by atoms with Crippen molar-refractivity contribution in [2.45, 2.75) is 12.7 Å². The Hall–Kier alpha value is -1.99. The Morgan fingerprint density at radius 1 is 1.32 bits per heavy atom. The van der Waals surface area contributed by atoms with Crippen molar-refractivity contribution in [3.63, 3.8) is 0 Å². The van der Waals surface area contributed by atoms with Crippen molar-refractivity contribution in [2.24, 2.45) is 0 Å². The highest BCUT2D eigenvalue weighted by Crippen LogP contribution is 2.26. The molecule has 0 saturated heterocycles. The Morgan fingerprint density at radius 3 is 2.42 bits per heavy atom. The van der Waals surface area contributed by atoms with Crippen LogP contribution in [0.25, 0.3) is 0 Å². The van der Waals surface area contributed by atoms with E-state index in [2.05, 4.69) is 4.74 Å². The van der Waals surface area contributed by atoms with Gasteiger partial charge in [-0.2, -0.15) is 0 Å². The number of nitro benzene ring substituents is 1. The van der Waals surface area contributed by atoms with Gasteiger partial charge in [0.15, 0.2) is 6.29 Å². The summed E-state index contributed by atoms with van der Waals surface area (Å²) in [6, 6.07) is 4.45. The molecule has 1 aromatic rings. The molecule has 0 aliphatic rings. The van der Waals surface area contributed by atoms with Crippen LogP contribution in [-0.2, 0) is 20.6 Å². The van der Waals surface area contributed by atoms with Crippen molar-refractivity contribution in [3.05, 3.63) is 39.4 Å². The van der Waals surface area contributed by atoms with Gasteiger partial charge in [0, 0.05) is 26.2 Å². The number of methoxy groups -OCH3 is 3. The van der Waals surface area contributed by atoms with Gasteiger partial charge in [0.25, 0.3) is 5.69 Å². The molecule has 0 fully saturated rings. The SMILES string of the molecule is COC(=O)c1cccc(CC(OC)OC)c1[N+](=O)[O-]. The molecule has 0 aromatic heterocycles. The summed E-state index contributed by atoms with van der Waals surface area (Å²) in [6.07, 6.45) is -0.458. The topological polar surface area (TPSA) is 87.9 Å². The number of esters is 1. The summed E-state index contributed by atoms with van der Waals surface area (Å²) in [4.78, 5) is 22.1. The lowest BCUT2D eigenvalue weighted by atomic mass is 10.0. The number of hydrogen-bond donors (Lipinski definition) is 0. The van der Waals surface area contributed by atoms with Crippen molar-refractivity contribution in [3.8, 4) is 0 Å². The maximum absolute atomic E-state index is 11.5. The minimum Gasteiger partial charge on any atom is -0.465 e. The van der Waals surface area contributed by atoms with Gasteiger partial charge < -0.3 is 14.2 Å². The summed E-state index contributed by atoms with van der Waals surface area (Å²) in [5.74, 6) is -0.750. The fourth-order valence-corrected chi connectivity index (χ4v) is 1.69. The minimum absolute atomic E-state index is 0.0871. The van der Waals surface area contributed by atoms with Crippen molar-refractivity contribution in [2.75, 3.05) is 21.3 Å². The van der Waals surface area contributed by atoms with E-state index in [9.17, 15) is 14.9 Å². The van der Waals surface area contributed by atoms with Gasteiger partial charge in [-0.1, -0.05) is 12.1 Å². The zero-order valence-corrected chi connectivity index (χ0v) is 10.9. The maximum Gasteiger partial charge on any atom is 0.344 e. The number of hydrogen-bond acceptors (Lipinski definition) is 6. The van der Waals surface area contributed by atoms with Gasteiger partial charge in [-0.25, -0.2) is 4.79 Å². The van der Waals surface area contributed by atoms with E-state index in [-0.39, 0.29) is 17.7 Å². The summed E-state index contributed by atoms with van der Waals surface area (Å²) in [5.41, 5.74) is -0.0222. The van der Waals surface area contributed by atoms with Crippen molar-refractivity contribution in [1.29, 1.82) is 0 Å². The molecular weight excluding hydrogens is 254 g/mol. The van der Waals surface area contributed by atoms with Gasteiger partial charge in [0.1, 0.15) is 5.56 Å². The van der Waals surface area contributed by atoms with Crippen LogP contribution in [0.4, 0.5) is 5.69 Å². The molecule has 0 unspecified atom stereocenters. The third-order valence-electron chi connectivity index (χ3n) is 2.62. The van der Waals surface area contributed by atoms with E-state index in [1.54, 1.807) is 12.1 Å². The number of rotatable bonds is 6. The van der Waals surface area contributed by atoms with Gasteiger partial charge >= 0.3 is 5.97 Å². The van der Waals surface area contributed by atoms with Gasteiger partial charge in [0.05, 0.1) is 12.0 Å². The molecule has 0 aliphatic carbocycles. The first kappa shape index (κ1) is 15.1. The molecular formula is C12H15NO6. The summed E-state index contributed by atoms with van der Waals surface area (Å²) in [7, 11) is 4.04. The number of carbonyl (C=O) groups excluding carboxylic acids is 1. The highest BCUT2D eigenvalue weighted by Gasteiger charge is 2.26. The predicted molar refractivity (Wildman–Crippen MR) is 65.9 cm³/mol. The molecule has 0 amide bonds. The Kier molecular flexibility index (Phi) is 5.40. The van der Waals surface area contributed by atoms with Crippen molar-refractivity contribution < 1.29 is 23.9 Å². The fraction of sp³-hybridized carbons (Fsp3) is 0.417. The lowest BCUT2D eigenvalue weighted by Gasteiger charge is -2.14. The average Bonchev–Trinajstić information content (AvgIpc) is 2.43. The van der Waals surface area contributed by atoms with E-state index < -0.39 is 17.2 Å². The zero-order chi connectivity index (χ0) is 14.4. The largest absolute Gasteiger partial charge is 0.465 e. The summed E-state index contributed by atoms with van der Waals surface area (Å²) in [5, 5.41) is 11.1. The second-order valence-corrected chi connectivity index (χ2v) is 3.67. The van der Waals surface area contributed by atoms with Crippen molar-refractivity contribution >= 4 is 11.7 Å². The maximum atomic E-state index is 11.5. The molecule has 0 N–H and O–H groups in total. The number of ether oxygens (including phenoxy) is 3. The van der Waals surface area contributed by atoms with E-state index in [4.69, 9.17) is 9.47 Å². The molecule has 1 aromatic carbocycles. The first-order valence-corrected chi connectivity index (χ1v) is 5.45. The van der Waals surface area contributed by atoms with E-state index in [1.165, 1.54) is 27.4 Å². The number of benzene rings is 1. The number of nitrogens with zero attached hydrogens (tertiary/aromatic N) is 1. The van der Waals surface area contributed by atoms with Crippen LogP contribution in [0.15, 0.2) is 18.2 Å². The van der Waals surface area contributed by atoms with E-state index >= 15 is 0 Å². The van der Waals surface area contributed by atoms with E-state index in [1.807, 2.05) is 0 Å². The molecule has 0 spiro atoms. The van der Waals surface area contributed by atoms with Gasteiger partial charge in [-0.3, -0.25) is 10.1 Å². The molecule has 0 atom stereocenters. The third-order valence-corrected chi connectivity index (χ3v) is 2.62. The van der Waals surface area contributed by atoms with Crippen LogP contribution >= 0.6 is 0 Å². The second-order valence-electron chi connectivity index (χ2n) is 3.67. The Morgan fingerprint density at radius 2 is 1.95 bits per heavy atom. The molecule has 0 radical (unpaired) electrons. The monoisotopic (exact) mass is 269 g/mol. The first-order chi connectivity index (χ1) is 9.04. The molecule has 104 valence electrons. The quantitative estimate of drug-likeness (QED) is 0.337. The minimum atomic E-state index is -0.750. The molecule has 1 rings (SSSR count). The Bertz CT molecular complexity index is 469. The molecule has 7 nitrogen and oxygen atoms in total. The molecule has 0 saturated carbocycles. The van der Waals surface area contributed by atoms with Gasteiger partial charge in [0.2, 0.25) is 0 Å². The summed E-state index contributed by atoms with van der Waals surface area (Å²) >= 11 is 0. The summed E-state index contributed by atoms with van der Waals surface area (Å²) in [6.45, 7) is 0. The lowest BCUT2D eigenvalue weighted by Crippen LogP contribution is -2.18. The van der Waals surface area contributed by atoms with Crippen LogP contribution in [0.2, 0.25) is 0 Å². The Labute approximate surface area is 110 Å². The summed E-state index contributed by atoms with van der Waals surface area (Å²) < 4.78 is 14.5. The van der Waals surface area contributed by atoms with Gasteiger partial charge in [-0.05, 0) is 6.07 Å². The van der Waals surface area contributed by atoms with Crippen molar-refractivity contribution in [1.82, 2.24) is 0 Å². The molecule has 7 heteroatoms. The van der Waals surface area contributed by atoms with Crippen LogP contribution < -0.4 is 0 Å². The average molecular weight is 269 g/mol. The highest BCUT2D eigenvalue weighted by molar-refractivity contribution is 5.94. The smallest absolute Gasteiger partial charge is 0.344 e. The van der Waals surface area contributed by atoms with Crippen LogP contribution in [-0.4, -0.2) is 38.5 Å². The number of nitro groups is 1. The fourth-order valence-electron chi connectivity index (χ4n) is 1.69. The van der Waals surface area contributed by atoms with Crippen LogP contribution in [0.5, 0.6) is 0 Å². The lowest BCUT2D eigenvalue weighted by molar-refractivity contribution is -0.386. The Balaban J connectivity index is 3.24. The van der Waals surface area contributed by atoms with Crippen LogP contribution in [0.3, 0.4) is 0 Å². The van der Waals surface area contributed by atoms with E-state index in [0.29, 0.717) is 5.56 Å². The highest BCUT2D eigenvalue weighted by atomic mass is 16.7. The number of para-hydroxylation sites is 1. The predicted octanol–water partition coefficient (Wildman–Crippen LogP) is 1.54. The molecule has 0 heterocycles. The molecule has 19 heavy (non-hydrogen) atoms. The first-order valence-electron chi connectivity index (χ1n) is 5.45. The molecule has 0 bridgehead atoms. The molecule has 0 aliphatic heterocycles. The van der Waals surface area contributed by atoms with Gasteiger partial charge in [-0.15, -0.1) is 0 Å². The zero-order valence-electron chi connectivity index (χ0n) is 10.9. The van der Waals surface area contributed by atoms with Crippen LogP contribution in [0.1, 0.15) is 15.9 Å². The standard InChI is InChI=1S/C12H15NO6/c1-17-10(18-2)7-8-5-4-6-9(12(14)19-3)11(8)13(15)16/h4-6,10H,7H2,1-3H3. The normalized spacial score (nSPS) is 10.5. The van der Waals surface area contributed by atoms with Crippen LogP contribution in [0, 0.1) is 10.1 Å².